The molecule has 1 atom stereocenters. The molecule has 0 saturated carbocycles. The van der Waals surface area contributed by atoms with E-state index in [4.69, 9.17) is 11.6 Å². The summed E-state index contributed by atoms with van der Waals surface area (Å²) in [6.45, 7) is 8.61. The number of halogens is 2. The summed E-state index contributed by atoms with van der Waals surface area (Å²) in [5.74, 6) is 0.615. The van der Waals surface area contributed by atoms with E-state index in [2.05, 4.69) is 30.2 Å². The molecule has 170 valence electrons. The van der Waals surface area contributed by atoms with Crippen molar-refractivity contribution in [3.8, 4) is 11.4 Å². The van der Waals surface area contributed by atoms with Crippen molar-refractivity contribution >= 4 is 34.2 Å². The number of aromatic amines is 1. The van der Waals surface area contributed by atoms with E-state index in [0.717, 1.165) is 31.3 Å². The number of H-pyrrole nitrogens is 1. The molecule has 0 amide bonds. The fraction of sp³-hybridized carbons (Fsp3) is 0.478. The molecule has 1 fully saturated rings. The average Bonchev–Trinajstić information content (AvgIpc) is 3.16. The summed E-state index contributed by atoms with van der Waals surface area (Å²) in [6.07, 6.45) is 6.53. The minimum absolute atomic E-state index is 0.169. The first-order valence-electron chi connectivity index (χ1n) is 10.9. The van der Waals surface area contributed by atoms with Crippen molar-refractivity contribution in [2.24, 2.45) is 11.3 Å². The van der Waals surface area contributed by atoms with Gasteiger partial charge in [0, 0.05) is 41.8 Å². The third kappa shape index (κ3) is 5.07. The molecule has 1 aliphatic heterocycles. The van der Waals surface area contributed by atoms with E-state index < -0.39 is 5.82 Å². The van der Waals surface area contributed by atoms with Gasteiger partial charge in [-0.2, -0.15) is 0 Å². The van der Waals surface area contributed by atoms with E-state index in [1.807, 2.05) is 20.8 Å². The Bertz CT molecular complexity index is 1130. The third-order valence-electron chi connectivity index (χ3n) is 5.85. The lowest BCUT2D eigenvalue weighted by molar-refractivity contribution is -0.127. The van der Waals surface area contributed by atoms with Crippen molar-refractivity contribution in [1.29, 1.82) is 0 Å². The third-order valence-corrected chi connectivity index (χ3v) is 6.05. The normalized spacial score (nSPS) is 17.6. The van der Waals surface area contributed by atoms with E-state index in [1.54, 1.807) is 18.5 Å². The van der Waals surface area contributed by atoms with Gasteiger partial charge in [-0.05, 0) is 31.4 Å². The van der Waals surface area contributed by atoms with E-state index in [-0.39, 0.29) is 17.0 Å². The number of piperidine rings is 1. The number of likely N-dealkylation sites (tertiary alicyclic amines) is 1. The Kier molecular flexibility index (Phi) is 6.44. The molecule has 0 bridgehead atoms. The molecule has 0 aromatic carbocycles. The summed E-state index contributed by atoms with van der Waals surface area (Å²) < 4.78 is 14.4. The molecule has 7 nitrogen and oxygen atoms in total. The van der Waals surface area contributed by atoms with Crippen LogP contribution in [-0.2, 0) is 4.79 Å². The molecule has 1 saturated heterocycles. The van der Waals surface area contributed by atoms with Gasteiger partial charge in [0.25, 0.3) is 0 Å². The number of rotatable bonds is 6. The molecule has 4 rings (SSSR count). The lowest BCUT2D eigenvalue weighted by Gasteiger charge is -2.33. The second kappa shape index (κ2) is 9.11. The number of ketones is 1. The van der Waals surface area contributed by atoms with Gasteiger partial charge in [-0.25, -0.2) is 19.3 Å². The van der Waals surface area contributed by atoms with Crippen LogP contribution in [0.2, 0.25) is 5.02 Å². The van der Waals surface area contributed by atoms with Crippen LogP contribution >= 0.6 is 11.6 Å². The molecular weight excluding hydrogens is 431 g/mol. The number of aromatic nitrogens is 4. The maximum Gasteiger partial charge on any atom is 0.183 e. The molecule has 0 radical (unpaired) electrons. The molecule has 0 aliphatic carbocycles. The second-order valence-corrected chi connectivity index (χ2v) is 9.88. The van der Waals surface area contributed by atoms with Crippen LogP contribution in [0.4, 0.5) is 10.2 Å². The van der Waals surface area contributed by atoms with E-state index in [1.165, 1.54) is 6.20 Å². The number of nitrogens with one attached hydrogen (secondary N) is 2. The first kappa shape index (κ1) is 22.6. The smallest absolute Gasteiger partial charge is 0.183 e. The van der Waals surface area contributed by atoms with E-state index in [0.29, 0.717) is 41.1 Å². The number of fused-ring (bicyclic) bond motifs is 1. The van der Waals surface area contributed by atoms with Gasteiger partial charge in [0.15, 0.2) is 23.2 Å². The van der Waals surface area contributed by atoms with Crippen LogP contribution in [0.5, 0.6) is 0 Å². The number of hydrogen-bond donors (Lipinski definition) is 2. The van der Waals surface area contributed by atoms with Gasteiger partial charge >= 0.3 is 0 Å². The highest BCUT2D eigenvalue weighted by Gasteiger charge is 2.27. The van der Waals surface area contributed by atoms with Crippen LogP contribution in [0.25, 0.3) is 22.4 Å². The van der Waals surface area contributed by atoms with Crippen molar-refractivity contribution < 1.29 is 9.18 Å². The SMILES string of the molecule is CC(C)(C)C(=O)CN1CCC[C@@H](CNc2nc(-c3c[nH]c4ncc(Cl)cc34)ncc2F)C1. The highest BCUT2D eigenvalue weighted by atomic mass is 35.5. The molecule has 4 heterocycles. The Labute approximate surface area is 191 Å². The molecule has 1 aliphatic rings. The number of hydrogen-bond acceptors (Lipinski definition) is 6. The van der Waals surface area contributed by atoms with Gasteiger partial charge in [-0.15, -0.1) is 0 Å². The maximum atomic E-state index is 14.4. The Morgan fingerprint density at radius 1 is 1.34 bits per heavy atom. The predicted octanol–water partition coefficient (Wildman–Crippen LogP) is 4.55. The topological polar surface area (TPSA) is 86.8 Å². The number of anilines is 1. The van der Waals surface area contributed by atoms with Crippen LogP contribution in [0.3, 0.4) is 0 Å². The van der Waals surface area contributed by atoms with E-state index >= 15 is 0 Å². The standard InChI is InChI=1S/C23H28ClFN6O/c1-23(2,3)19(32)13-31-6-4-5-14(12-31)8-26-22-18(25)11-29-21(30-22)17-10-28-20-16(17)7-15(24)9-27-20/h7,9-11,14H,4-6,8,12-13H2,1-3H3,(H,27,28)(H,26,29,30)/t14-/m0/s1. The van der Waals surface area contributed by atoms with Crippen molar-refractivity contribution in [1.82, 2.24) is 24.8 Å². The van der Waals surface area contributed by atoms with E-state index in [9.17, 15) is 9.18 Å². The number of Topliss-reactive ketones (excluding diaryl/α,β-unsaturated/α-hetero) is 1. The summed E-state index contributed by atoms with van der Waals surface area (Å²) in [6, 6.07) is 1.78. The fourth-order valence-corrected chi connectivity index (χ4v) is 4.08. The summed E-state index contributed by atoms with van der Waals surface area (Å²) in [7, 11) is 0. The molecule has 3 aromatic heterocycles. The van der Waals surface area contributed by atoms with Crippen LogP contribution < -0.4 is 5.32 Å². The zero-order valence-electron chi connectivity index (χ0n) is 18.6. The number of carbonyl (C=O) groups is 1. The van der Waals surface area contributed by atoms with Crippen molar-refractivity contribution in [3.63, 3.8) is 0 Å². The van der Waals surface area contributed by atoms with Crippen LogP contribution in [-0.4, -0.2) is 56.8 Å². The second-order valence-electron chi connectivity index (χ2n) is 9.44. The lowest BCUT2D eigenvalue weighted by Crippen LogP contribution is -2.43. The Morgan fingerprint density at radius 2 is 2.16 bits per heavy atom. The van der Waals surface area contributed by atoms with Gasteiger partial charge in [0.2, 0.25) is 0 Å². The summed E-state index contributed by atoms with van der Waals surface area (Å²) in [5.41, 5.74) is 1.04. The van der Waals surface area contributed by atoms with Gasteiger partial charge in [0.1, 0.15) is 5.65 Å². The first-order chi connectivity index (χ1) is 15.2. The Balaban J connectivity index is 1.44. The maximum absolute atomic E-state index is 14.4. The molecule has 2 N–H and O–H groups in total. The summed E-state index contributed by atoms with van der Waals surface area (Å²) >= 11 is 6.08. The first-order valence-corrected chi connectivity index (χ1v) is 11.2. The highest BCUT2D eigenvalue weighted by Crippen LogP contribution is 2.28. The highest BCUT2D eigenvalue weighted by molar-refractivity contribution is 6.31. The Hall–Kier alpha value is -2.58. The van der Waals surface area contributed by atoms with Crippen LogP contribution in [0.15, 0.2) is 24.7 Å². The van der Waals surface area contributed by atoms with Crippen molar-refractivity contribution in [3.05, 3.63) is 35.5 Å². The minimum Gasteiger partial charge on any atom is -0.367 e. The summed E-state index contributed by atoms with van der Waals surface area (Å²) in [5, 5.41) is 4.44. The molecule has 9 heteroatoms. The molecule has 32 heavy (non-hydrogen) atoms. The van der Waals surface area contributed by atoms with Crippen molar-refractivity contribution in [2.75, 3.05) is 31.5 Å². The molecule has 0 unspecified atom stereocenters. The van der Waals surface area contributed by atoms with Gasteiger partial charge in [0.05, 0.1) is 17.8 Å². The van der Waals surface area contributed by atoms with Crippen LogP contribution in [0.1, 0.15) is 33.6 Å². The minimum atomic E-state index is -0.500. The van der Waals surface area contributed by atoms with Crippen LogP contribution in [0, 0.1) is 17.2 Å². The Morgan fingerprint density at radius 3 is 2.94 bits per heavy atom. The zero-order chi connectivity index (χ0) is 22.9. The van der Waals surface area contributed by atoms with Gasteiger partial charge < -0.3 is 10.3 Å². The zero-order valence-corrected chi connectivity index (χ0v) is 19.3. The molecule has 3 aromatic rings. The van der Waals surface area contributed by atoms with Crippen molar-refractivity contribution in [2.45, 2.75) is 33.6 Å². The predicted molar refractivity (Wildman–Crippen MR) is 124 cm³/mol. The summed E-state index contributed by atoms with van der Waals surface area (Å²) in [4.78, 5) is 30.5. The average molecular weight is 459 g/mol. The fourth-order valence-electron chi connectivity index (χ4n) is 3.93. The number of nitrogens with zero attached hydrogens (tertiary/aromatic N) is 4. The largest absolute Gasteiger partial charge is 0.367 e. The quantitative estimate of drug-likeness (QED) is 0.563. The number of carbonyl (C=O) groups excluding carboxylic acids is 1. The molecular formula is C23H28ClFN6O. The van der Waals surface area contributed by atoms with Gasteiger partial charge in [-0.1, -0.05) is 32.4 Å². The lowest BCUT2D eigenvalue weighted by atomic mass is 9.89. The van der Waals surface area contributed by atoms with Gasteiger partial charge in [-0.3, -0.25) is 9.69 Å². The number of pyridine rings is 1. The molecule has 0 spiro atoms. The monoisotopic (exact) mass is 458 g/mol.